The zero-order valence-electron chi connectivity index (χ0n) is 12.9. The average molecular weight is 326 g/mol. The van der Waals surface area contributed by atoms with Crippen LogP contribution in [0.15, 0.2) is 18.2 Å². The molecule has 2 rings (SSSR count). The number of hydrogen-bond acceptors (Lipinski definition) is 3. The van der Waals surface area contributed by atoms with Crippen molar-refractivity contribution < 1.29 is 23.5 Å². The minimum Gasteiger partial charge on any atom is -0.388 e. The fourth-order valence-electron chi connectivity index (χ4n) is 2.82. The monoisotopic (exact) mass is 326 g/mol. The Morgan fingerprint density at radius 3 is 2.57 bits per heavy atom. The van der Waals surface area contributed by atoms with Crippen LogP contribution in [0.3, 0.4) is 0 Å². The van der Waals surface area contributed by atoms with E-state index in [1.165, 1.54) is 11.9 Å². The Bertz CT molecular complexity index is 589. The van der Waals surface area contributed by atoms with Gasteiger partial charge in [-0.1, -0.05) is 0 Å². The topological polar surface area (TPSA) is 69.6 Å². The molecule has 1 fully saturated rings. The number of benzene rings is 1. The van der Waals surface area contributed by atoms with Gasteiger partial charge in [0.2, 0.25) is 5.91 Å². The third kappa shape index (κ3) is 4.48. The maximum Gasteiger partial charge on any atom is 0.254 e. The van der Waals surface area contributed by atoms with Crippen LogP contribution in [0.1, 0.15) is 36.0 Å². The number of piperidine rings is 1. The Morgan fingerprint density at radius 2 is 1.96 bits per heavy atom. The molecule has 0 aromatic heterocycles. The minimum atomic E-state index is -1.16. The molecular weight excluding hydrogens is 306 g/mol. The molecule has 1 heterocycles. The van der Waals surface area contributed by atoms with Crippen LogP contribution >= 0.6 is 0 Å². The highest BCUT2D eigenvalue weighted by Gasteiger charge is 2.35. The number of halogens is 2. The number of nitrogens with one attached hydrogen (secondary N) is 1. The summed E-state index contributed by atoms with van der Waals surface area (Å²) in [4.78, 5) is 25.1. The summed E-state index contributed by atoms with van der Waals surface area (Å²) < 4.78 is 26.5. The molecule has 1 atom stereocenters. The van der Waals surface area contributed by atoms with Crippen LogP contribution < -0.4 is 5.32 Å². The number of amides is 2. The maximum absolute atomic E-state index is 13.3. The second-order valence-corrected chi connectivity index (χ2v) is 5.89. The zero-order chi connectivity index (χ0) is 17.0. The predicted octanol–water partition coefficient (Wildman–Crippen LogP) is 1.46. The summed E-state index contributed by atoms with van der Waals surface area (Å²) in [5, 5.41) is 13.0. The van der Waals surface area contributed by atoms with Gasteiger partial charge in [-0.05, 0) is 31.4 Å². The van der Waals surface area contributed by atoms with Crippen molar-refractivity contribution >= 4 is 11.8 Å². The second-order valence-electron chi connectivity index (χ2n) is 5.89. The molecule has 0 radical (unpaired) electrons. The van der Waals surface area contributed by atoms with Crippen molar-refractivity contribution in [2.24, 2.45) is 0 Å². The fraction of sp³-hybridized carbons (Fsp3) is 0.500. The first kappa shape index (κ1) is 17.3. The normalized spacial score (nSPS) is 21.1. The predicted molar refractivity (Wildman–Crippen MR) is 79.7 cm³/mol. The van der Waals surface area contributed by atoms with Gasteiger partial charge in [0.05, 0.1) is 5.60 Å². The number of hydrogen-bond donors (Lipinski definition) is 2. The summed E-state index contributed by atoms with van der Waals surface area (Å²) in [6.07, 6.45) is 1.43. The lowest BCUT2D eigenvalue weighted by Gasteiger charge is -2.39. The van der Waals surface area contributed by atoms with Gasteiger partial charge >= 0.3 is 0 Å². The van der Waals surface area contributed by atoms with Crippen molar-refractivity contribution in [2.45, 2.75) is 31.3 Å². The van der Waals surface area contributed by atoms with Crippen LogP contribution in [0.4, 0.5) is 8.78 Å². The zero-order valence-corrected chi connectivity index (χ0v) is 12.9. The highest BCUT2D eigenvalue weighted by Crippen LogP contribution is 2.27. The van der Waals surface area contributed by atoms with Crippen molar-refractivity contribution in [3.05, 3.63) is 35.4 Å². The molecule has 2 amide bonds. The molecule has 0 saturated carbocycles. The number of carbonyl (C=O) groups is 2. The van der Waals surface area contributed by atoms with Crippen LogP contribution in [0.25, 0.3) is 0 Å². The Kier molecular flexibility index (Phi) is 5.30. The smallest absolute Gasteiger partial charge is 0.254 e. The fourth-order valence-corrected chi connectivity index (χ4v) is 2.82. The molecule has 1 saturated heterocycles. The highest BCUT2D eigenvalue weighted by molar-refractivity contribution is 5.94. The van der Waals surface area contributed by atoms with Crippen LogP contribution in [0.2, 0.25) is 0 Å². The van der Waals surface area contributed by atoms with Gasteiger partial charge in [-0.2, -0.15) is 0 Å². The SMILES string of the molecule is CNC(=O)CCC1(O)CCCN(C(=O)c2cc(F)cc(F)c2)C1. The van der Waals surface area contributed by atoms with Crippen LogP contribution in [0.5, 0.6) is 0 Å². The van der Waals surface area contributed by atoms with E-state index in [0.717, 1.165) is 12.1 Å². The van der Waals surface area contributed by atoms with Gasteiger partial charge < -0.3 is 15.3 Å². The van der Waals surface area contributed by atoms with Gasteiger partial charge in [-0.25, -0.2) is 8.78 Å². The Morgan fingerprint density at radius 1 is 1.30 bits per heavy atom. The lowest BCUT2D eigenvalue weighted by atomic mass is 9.88. The van der Waals surface area contributed by atoms with E-state index in [0.29, 0.717) is 25.5 Å². The largest absolute Gasteiger partial charge is 0.388 e. The van der Waals surface area contributed by atoms with E-state index in [1.54, 1.807) is 0 Å². The first-order valence-corrected chi connectivity index (χ1v) is 7.51. The number of β-amino-alcohol motifs (C(OH)–C–C–N with tert-alkyl or cyclic N) is 1. The average Bonchev–Trinajstić information content (AvgIpc) is 2.51. The lowest BCUT2D eigenvalue weighted by Crippen LogP contribution is -2.50. The van der Waals surface area contributed by atoms with Crippen molar-refractivity contribution in [1.29, 1.82) is 0 Å². The number of aliphatic hydroxyl groups is 1. The molecule has 5 nitrogen and oxygen atoms in total. The summed E-state index contributed by atoms with van der Waals surface area (Å²) in [6.45, 7) is 0.445. The van der Waals surface area contributed by atoms with E-state index < -0.39 is 23.1 Å². The molecule has 1 aromatic carbocycles. The molecular formula is C16H20F2N2O3. The van der Waals surface area contributed by atoms with Crippen LogP contribution in [-0.4, -0.2) is 47.6 Å². The van der Waals surface area contributed by atoms with Gasteiger partial charge in [0.25, 0.3) is 5.91 Å². The quantitative estimate of drug-likeness (QED) is 0.880. The molecule has 0 aliphatic carbocycles. The molecule has 1 unspecified atom stereocenters. The minimum absolute atomic E-state index is 0.0426. The van der Waals surface area contributed by atoms with E-state index in [-0.39, 0.29) is 30.9 Å². The Hall–Kier alpha value is -2.02. The highest BCUT2D eigenvalue weighted by atomic mass is 19.1. The molecule has 0 bridgehead atoms. The van der Waals surface area contributed by atoms with E-state index in [4.69, 9.17) is 0 Å². The van der Waals surface area contributed by atoms with E-state index in [9.17, 15) is 23.5 Å². The van der Waals surface area contributed by atoms with Gasteiger partial charge in [0.15, 0.2) is 0 Å². The first-order chi connectivity index (χ1) is 10.8. The van der Waals surface area contributed by atoms with Crippen LogP contribution in [-0.2, 0) is 4.79 Å². The number of carbonyl (C=O) groups excluding carboxylic acids is 2. The standard InChI is InChI=1S/C16H20F2N2O3/c1-19-14(21)3-5-16(23)4-2-6-20(10-16)15(22)11-7-12(17)9-13(18)8-11/h7-9,23H,2-6,10H2,1H3,(H,19,21). The summed E-state index contributed by atoms with van der Waals surface area (Å²) in [5.74, 6) is -2.35. The van der Waals surface area contributed by atoms with E-state index in [2.05, 4.69) is 5.32 Å². The number of rotatable bonds is 4. The molecule has 23 heavy (non-hydrogen) atoms. The van der Waals surface area contributed by atoms with E-state index >= 15 is 0 Å². The van der Waals surface area contributed by atoms with Gasteiger partial charge in [0.1, 0.15) is 11.6 Å². The van der Waals surface area contributed by atoms with Crippen LogP contribution in [0, 0.1) is 11.6 Å². The molecule has 7 heteroatoms. The van der Waals surface area contributed by atoms with Crippen molar-refractivity contribution in [3.8, 4) is 0 Å². The lowest BCUT2D eigenvalue weighted by molar-refractivity contribution is -0.122. The molecule has 1 aliphatic rings. The molecule has 2 N–H and O–H groups in total. The number of likely N-dealkylation sites (tertiary alicyclic amines) is 1. The van der Waals surface area contributed by atoms with Crippen molar-refractivity contribution in [1.82, 2.24) is 10.2 Å². The second kappa shape index (κ2) is 7.04. The third-order valence-electron chi connectivity index (χ3n) is 4.05. The Labute approximate surface area is 133 Å². The number of nitrogens with zero attached hydrogens (tertiary/aromatic N) is 1. The first-order valence-electron chi connectivity index (χ1n) is 7.51. The summed E-state index contributed by atoms with van der Waals surface area (Å²) in [7, 11) is 1.52. The molecule has 0 spiro atoms. The van der Waals surface area contributed by atoms with Gasteiger partial charge in [0, 0.05) is 38.2 Å². The molecule has 1 aliphatic heterocycles. The maximum atomic E-state index is 13.3. The van der Waals surface area contributed by atoms with Gasteiger partial charge in [-0.15, -0.1) is 0 Å². The van der Waals surface area contributed by atoms with Crippen molar-refractivity contribution in [3.63, 3.8) is 0 Å². The molecule has 126 valence electrons. The third-order valence-corrected chi connectivity index (χ3v) is 4.05. The van der Waals surface area contributed by atoms with E-state index in [1.807, 2.05) is 0 Å². The summed E-state index contributed by atoms with van der Waals surface area (Å²) in [6, 6.07) is 2.65. The summed E-state index contributed by atoms with van der Waals surface area (Å²) >= 11 is 0. The van der Waals surface area contributed by atoms with Crippen molar-refractivity contribution in [2.75, 3.05) is 20.1 Å². The Balaban J connectivity index is 2.07. The van der Waals surface area contributed by atoms with Gasteiger partial charge in [-0.3, -0.25) is 9.59 Å². The molecule has 1 aromatic rings. The summed E-state index contributed by atoms with van der Waals surface area (Å²) in [5.41, 5.74) is -1.25.